The Kier molecular flexibility index (Phi) is 9.97. The minimum absolute atomic E-state index is 0.112. The minimum atomic E-state index is 0.112. The van der Waals surface area contributed by atoms with Gasteiger partial charge in [-0.25, -0.2) is 0 Å². The van der Waals surface area contributed by atoms with Crippen molar-refractivity contribution in [1.82, 2.24) is 0 Å². The van der Waals surface area contributed by atoms with E-state index >= 15 is 0 Å². The summed E-state index contributed by atoms with van der Waals surface area (Å²) in [5.41, 5.74) is 3.14. The average Bonchev–Trinajstić information content (AvgIpc) is 2.83. The third-order valence-electron chi connectivity index (χ3n) is 7.87. The highest BCUT2D eigenvalue weighted by atomic mass is 35.5. The SMILES string of the molecule is CCCCC[C@H]1CC[C@H](C(CCCC(Cl)CC)(c2ccccc2)c2ccccc2)CC1. The van der Waals surface area contributed by atoms with Crippen LogP contribution in [0.15, 0.2) is 60.7 Å². The lowest BCUT2D eigenvalue weighted by Gasteiger charge is -2.46. The van der Waals surface area contributed by atoms with Crippen LogP contribution in [0.5, 0.6) is 0 Å². The average molecular weight is 439 g/mol. The Morgan fingerprint density at radius 1 is 0.806 bits per heavy atom. The van der Waals surface area contributed by atoms with E-state index in [9.17, 15) is 0 Å². The largest absolute Gasteiger partial charge is 0.123 e. The highest BCUT2D eigenvalue weighted by Crippen LogP contribution is 2.50. The van der Waals surface area contributed by atoms with E-state index in [1.807, 2.05) is 0 Å². The Balaban J connectivity index is 1.88. The molecule has 1 aliphatic carbocycles. The fraction of sp³-hybridized carbons (Fsp3) is 0.600. The molecule has 0 amide bonds. The van der Waals surface area contributed by atoms with Gasteiger partial charge < -0.3 is 0 Å². The molecule has 170 valence electrons. The number of hydrogen-bond donors (Lipinski definition) is 0. The van der Waals surface area contributed by atoms with Crippen LogP contribution in [0, 0.1) is 11.8 Å². The molecule has 0 radical (unpaired) electrons. The van der Waals surface area contributed by atoms with Crippen molar-refractivity contribution in [3.63, 3.8) is 0 Å². The Labute approximate surface area is 196 Å². The number of rotatable bonds is 12. The molecule has 3 rings (SSSR count). The second-order valence-corrected chi connectivity index (χ2v) is 10.4. The molecule has 1 heteroatoms. The molecule has 1 aliphatic rings. The van der Waals surface area contributed by atoms with Crippen LogP contribution in [-0.4, -0.2) is 5.38 Å². The second-order valence-electron chi connectivity index (χ2n) is 9.81. The summed E-state index contributed by atoms with van der Waals surface area (Å²) in [5, 5.41) is 0.304. The van der Waals surface area contributed by atoms with Crippen LogP contribution in [-0.2, 0) is 5.41 Å². The van der Waals surface area contributed by atoms with Crippen LogP contribution in [0.3, 0.4) is 0 Å². The van der Waals surface area contributed by atoms with E-state index in [1.165, 1.54) is 75.3 Å². The summed E-state index contributed by atoms with van der Waals surface area (Å²) in [5.74, 6) is 1.66. The van der Waals surface area contributed by atoms with E-state index in [1.54, 1.807) is 0 Å². The molecule has 1 saturated carbocycles. The fourth-order valence-corrected chi connectivity index (χ4v) is 6.19. The maximum atomic E-state index is 6.55. The Bertz CT molecular complexity index is 675. The topological polar surface area (TPSA) is 0 Å². The standard InChI is InChI=1S/C30H43Cl/c1-3-5-8-14-25-20-22-28(23-21-25)30(24-13-19-29(31)4-2,26-15-9-6-10-16-26)27-17-11-7-12-18-27/h6-7,9-12,15-18,25,28-29H,3-5,8,13-14,19-24H2,1-2H3/t25-,28-,29?. The first kappa shape index (κ1) is 24.4. The van der Waals surface area contributed by atoms with Gasteiger partial charge in [-0.1, -0.05) is 119 Å². The molecule has 31 heavy (non-hydrogen) atoms. The molecule has 2 aromatic rings. The second kappa shape index (κ2) is 12.7. The van der Waals surface area contributed by atoms with Crippen molar-refractivity contribution in [2.24, 2.45) is 11.8 Å². The zero-order chi connectivity index (χ0) is 21.9. The third kappa shape index (κ3) is 6.38. The zero-order valence-electron chi connectivity index (χ0n) is 19.9. The molecule has 1 atom stereocenters. The highest BCUT2D eigenvalue weighted by molar-refractivity contribution is 6.20. The summed E-state index contributed by atoms with van der Waals surface area (Å²) in [7, 11) is 0. The fourth-order valence-electron chi connectivity index (χ4n) is 6.04. The van der Waals surface area contributed by atoms with Crippen LogP contribution in [0.1, 0.15) is 102 Å². The van der Waals surface area contributed by atoms with Crippen molar-refractivity contribution in [2.45, 2.75) is 102 Å². The van der Waals surface area contributed by atoms with Gasteiger partial charge in [0.2, 0.25) is 0 Å². The summed E-state index contributed by atoms with van der Waals surface area (Å²) in [6.45, 7) is 4.52. The van der Waals surface area contributed by atoms with Gasteiger partial charge in [-0.05, 0) is 55.1 Å². The molecule has 0 spiro atoms. The molecular weight excluding hydrogens is 396 g/mol. The first-order chi connectivity index (χ1) is 15.2. The van der Waals surface area contributed by atoms with Crippen molar-refractivity contribution in [2.75, 3.05) is 0 Å². The van der Waals surface area contributed by atoms with Crippen molar-refractivity contribution in [3.05, 3.63) is 71.8 Å². The molecule has 0 bridgehead atoms. The number of halogens is 1. The third-order valence-corrected chi connectivity index (χ3v) is 8.40. The normalized spacial score (nSPS) is 20.5. The summed E-state index contributed by atoms with van der Waals surface area (Å²) in [6.07, 6.45) is 15.7. The van der Waals surface area contributed by atoms with Crippen molar-refractivity contribution in [3.8, 4) is 0 Å². The van der Waals surface area contributed by atoms with Gasteiger partial charge in [-0.3, -0.25) is 0 Å². The van der Waals surface area contributed by atoms with Gasteiger partial charge in [-0.2, -0.15) is 0 Å². The van der Waals surface area contributed by atoms with Crippen LogP contribution >= 0.6 is 11.6 Å². The summed E-state index contributed by atoms with van der Waals surface area (Å²) in [6, 6.07) is 22.8. The molecule has 0 nitrogen and oxygen atoms in total. The number of unbranched alkanes of at least 4 members (excludes halogenated alkanes) is 2. The molecule has 2 aromatic carbocycles. The van der Waals surface area contributed by atoms with Gasteiger partial charge >= 0.3 is 0 Å². The van der Waals surface area contributed by atoms with E-state index in [2.05, 4.69) is 74.5 Å². The molecule has 0 aliphatic heterocycles. The Morgan fingerprint density at radius 3 is 1.90 bits per heavy atom. The zero-order valence-corrected chi connectivity index (χ0v) is 20.6. The smallest absolute Gasteiger partial charge is 0.0333 e. The van der Waals surface area contributed by atoms with Crippen LogP contribution in [0.25, 0.3) is 0 Å². The lowest BCUT2D eigenvalue weighted by Crippen LogP contribution is -2.39. The van der Waals surface area contributed by atoms with Crippen molar-refractivity contribution in [1.29, 1.82) is 0 Å². The van der Waals surface area contributed by atoms with Gasteiger partial charge in [0.15, 0.2) is 0 Å². The van der Waals surface area contributed by atoms with E-state index < -0.39 is 0 Å². The first-order valence-electron chi connectivity index (χ1n) is 13.0. The van der Waals surface area contributed by atoms with E-state index in [0.717, 1.165) is 24.7 Å². The number of alkyl halides is 1. The molecule has 0 saturated heterocycles. The molecule has 0 heterocycles. The van der Waals surface area contributed by atoms with Crippen LogP contribution < -0.4 is 0 Å². The highest BCUT2D eigenvalue weighted by Gasteiger charge is 2.42. The van der Waals surface area contributed by atoms with Gasteiger partial charge in [0.05, 0.1) is 0 Å². The lowest BCUT2D eigenvalue weighted by molar-refractivity contribution is 0.178. The number of hydrogen-bond acceptors (Lipinski definition) is 0. The predicted molar refractivity (Wildman–Crippen MR) is 137 cm³/mol. The lowest BCUT2D eigenvalue weighted by atomic mass is 9.58. The van der Waals surface area contributed by atoms with Crippen molar-refractivity contribution < 1.29 is 0 Å². The van der Waals surface area contributed by atoms with E-state index in [4.69, 9.17) is 11.6 Å². The van der Waals surface area contributed by atoms with E-state index in [0.29, 0.717) is 5.38 Å². The molecule has 1 unspecified atom stereocenters. The van der Waals surface area contributed by atoms with Gasteiger partial charge in [0.25, 0.3) is 0 Å². The molecule has 1 fully saturated rings. The quantitative estimate of drug-likeness (QED) is 0.228. The Hall–Kier alpha value is -1.27. The number of benzene rings is 2. The monoisotopic (exact) mass is 438 g/mol. The predicted octanol–water partition coefficient (Wildman–Crippen LogP) is 9.55. The summed E-state index contributed by atoms with van der Waals surface area (Å²) in [4.78, 5) is 0. The maximum absolute atomic E-state index is 6.55. The molecule has 0 aromatic heterocycles. The van der Waals surface area contributed by atoms with Gasteiger partial charge in [-0.15, -0.1) is 11.6 Å². The molecular formula is C30H43Cl. The minimum Gasteiger partial charge on any atom is -0.123 e. The van der Waals surface area contributed by atoms with Crippen LogP contribution in [0.4, 0.5) is 0 Å². The summed E-state index contributed by atoms with van der Waals surface area (Å²) < 4.78 is 0. The Morgan fingerprint density at radius 2 is 1.39 bits per heavy atom. The van der Waals surface area contributed by atoms with Gasteiger partial charge in [0.1, 0.15) is 0 Å². The van der Waals surface area contributed by atoms with Crippen LogP contribution in [0.2, 0.25) is 0 Å². The van der Waals surface area contributed by atoms with E-state index in [-0.39, 0.29) is 5.41 Å². The maximum Gasteiger partial charge on any atom is 0.0333 e. The summed E-state index contributed by atoms with van der Waals surface area (Å²) >= 11 is 6.55. The van der Waals surface area contributed by atoms with Gasteiger partial charge in [0, 0.05) is 10.8 Å². The van der Waals surface area contributed by atoms with Crippen molar-refractivity contribution >= 4 is 11.6 Å². The first-order valence-corrected chi connectivity index (χ1v) is 13.4. The molecule has 0 N–H and O–H groups in total.